The van der Waals surface area contributed by atoms with Crippen molar-refractivity contribution in [1.82, 2.24) is 0 Å². The summed E-state index contributed by atoms with van der Waals surface area (Å²) in [6.07, 6.45) is 1.50. The molecule has 2 N–H and O–H groups in total. The fourth-order valence-electron chi connectivity index (χ4n) is 0. The highest BCUT2D eigenvalue weighted by Crippen LogP contribution is 0.871. The van der Waals surface area contributed by atoms with E-state index in [-0.39, 0.29) is 27.0 Å². The Morgan fingerprint density at radius 3 is 0.800 bits per heavy atom. The molecule has 4 nitrogen and oxygen atoms in total. The van der Waals surface area contributed by atoms with Crippen LogP contribution in [0, 0.1) is 10.8 Å². The van der Waals surface area contributed by atoms with Gasteiger partial charge in [-0.15, -0.1) is 0 Å². The molecule has 10 heavy (non-hydrogen) atoms. The summed E-state index contributed by atoms with van der Waals surface area (Å²) in [6, 6.07) is 0. The van der Waals surface area contributed by atoms with Crippen molar-refractivity contribution in [1.29, 1.82) is 10.8 Å². The molecule has 0 unspecified atom stereocenters. The predicted molar refractivity (Wildman–Crippen MR) is 39.5 cm³/mol. The van der Waals surface area contributed by atoms with Gasteiger partial charge in [0.25, 0.3) is 0 Å². The smallest absolute Gasteiger partial charge is 0.231 e. The summed E-state index contributed by atoms with van der Waals surface area (Å²) in [5, 5.41) is 10.8. The van der Waals surface area contributed by atoms with Gasteiger partial charge < -0.3 is 0 Å². The van der Waals surface area contributed by atoms with Crippen LogP contribution in [-0.4, -0.2) is 12.2 Å². The van der Waals surface area contributed by atoms with E-state index >= 15 is 0 Å². The van der Waals surface area contributed by atoms with Crippen molar-refractivity contribution in [2.45, 2.75) is 22.3 Å². The molecule has 0 amide bonds. The molecule has 64 valence electrons. The van der Waals surface area contributed by atoms with Crippen molar-refractivity contribution in [3.8, 4) is 0 Å². The molecule has 0 aliphatic rings. The van der Waals surface area contributed by atoms with Gasteiger partial charge in [-0.3, -0.25) is 4.70 Å². The SMILES string of the molecule is C.C.C.F.N=C=O.N=C=O. The minimum absolute atomic E-state index is 0. The number of carbonyl (C=O) groups excluding carboxylic acids is 2. The van der Waals surface area contributed by atoms with Crippen LogP contribution in [0.4, 0.5) is 4.70 Å². The summed E-state index contributed by atoms with van der Waals surface area (Å²) in [5.41, 5.74) is 0. The van der Waals surface area contributed by atoms with Crippen LogP contribution in [0.25, 0.3) is 0 Å². The first-order valence-corrected chi connectivity index (χ1v) is 0.908. The van der Waals surface area contributed by atoms with Crippen molar-refractivity contribution in [3.63, 3.8) is 0 Å². The molecule has 0 spiro atoms. The molecule has 0 saturated carbocycles. The van der Waals surface area contributed by atoms with Crippen LogP contribution in [0.5, 0.6) is 0 Å². The zero-order valence-electron chi connectivity index (χ0n) is 3.22. The molecule has 0 saturated heterocycles. The Bertz CT molecular complexity index is 71.6. The Hall–Kier alpha value is -1.31. The van der Waals surface area contributed by atoms with Gasteiger partial charge in [-0.25, -0.2) is 20.4 Å². The van der Waals surface area contributed by atoms with E-state index in [1.807, 2.05) is 0 Å². The van der Waals surface area contributed by atoms with Gasteiger partial charge >= 0.3 is 0 Å². The van der Waals surface area contributed by atoms with Gasteiger partial charge in [0.05, 0.1) is 0 Å². The molecule has 0 heterocycles. The molecule has 0 aliphatic heterocycles. The van der Waals surface area contributed by atoms with E-state index in [1.165, 1.54) is 0 Å². The van der Waals surface area contributed by atoms with E-state index in [1.54, 1.807) is 0 Å². The van der Waals surface area contributed by atoms with E-state index in [0.717, 1.165) is 12.2 Å². The first kappa shape index (κ1) is 71.0. The van der Waals surface area contributed by atoms with Gasteiger partial charge in [-0.05, 0) is 0 Å². The third kappa shape index (κ3) is 126. The lowest BCUT2D eigenvalue weighted by atomic mass is 11.7. The first-order chi connectivity index (χ1) is 2.83. The first-order valence-electron chi connectivity index (χ1n) is 0.908. The molecule has 0 aliphatic carbocycles. The van der Waals surface area contributed by atoms with E-state index in [4.69, 9.17) is 20.4 Å². The lowest BCUT2D eigenvalue weighted by Crippen LogP contribution is -1.16. The number of isocyanates is 2. The van der Waals surface area contributed by atoms with E-state index in [9.17, 15) is 0 Å². The summed E-state index contributed by atoms with van der Waals surface area (Å²) in [6.45, 7) is 0. The molecule has 0 bridgehead atoms. The van der Waals surface area contributed by atoms with E-state index < -0.39 is 0 Å². The van der Waals surface area contributed by atoms with Crippen molar-refractivity contribution in [3.05, 3.63) is 0 Å². The Morgan fingerprint density at radius 2 is 0.800 bits per heavy atom. The lowest BCUT2D eigenvalue weighted by Gasteiger charge is -1.02. The van der Waals surface area contributed by atoms with Crippen LogP contribution in [0.15, 0.2) is 0 Å². The normalized spacial score (nSPS) is 1.60. The molecular formula is C5H15FN2O2. The number of nitrogens with one attached hydrogen (secondary N) is 2. The van der Waals surface area contributed by atoms with E-state index in [2.05, 4.69) is 0 Å². The molecular weight excluding hydrogens is 139 g/mol. The topological polar surface area (TPSA) is 81.8 Å². The van der Waals surface area contributed by atoms with Crippen molar-refractivity contribution in [2.75, 3.05) is 0 Å². The second-order valence-corrected chi connectivity index (χ2v) is 0.204. The van der Waals surface area contributed by atoms with E-state index in [0.29, 0.717) is 0 Å². The number of hydrogen-bond donors (Lipinski definition) is 2. The average Bonchev–Trinajstić information content (AvgIpc) is 1.39. The number of halogens is 1. The van der Waals surface area contributed by atoms with Crippen LogP contribution >= 0.6 is 0 Å². The highest BCUT2D eigenvalue weighted by atomic mass is 19.0. The Kier molecular flexibility index (Phi) is 5130. The largest absolute Gasteiger partial charge is 0.269 e. The zero-order valence-corrected chi connectivity index (χ0v) is 3.22. The maximum Gasteiger partial charge on any atom is 0.231 e. The predicted octanol–water partition coefficient (Wildman–Crippen LogP) is 1.86. The highest BCUT2D eigenvalue weighted by Gasteiger charge is 1.04. The van der Waals surface area contributed by atoms with Crippen molar-refractivity contribution in [2.24, 2.45) is 0 Å². The summed E-state index contributed by atoms with van der Waals surface area (Å²) < 4.78 is 0. The number of rotatable bonds is 0. The van der Waals surface area contributed by atoms with Crippen LogP contribution in [0.3, 0.4) is 0 Å². The van der Waals surface area contributed by atoms with Crippen LogP contribution in [-0.2, 0) is 9.59 Å². The average molecular weight is 154 g/mol. The summed E-state index contributed by atoms with van der Waals surface area (Å²) in [4.78, 5) is 16.7. The van der Waals surface area contributed by atoms with Gasteiger partial charge in [0.15, 0.2) is 0 Å². The monoisotopic (exact) mass is 154 g/mol. The van der Waals surface area contributed by atoms with Crippen LogP contribution in [0.2, 0.25) is 0 Å². The second kappa shape index (κ2) is 723. The third-order valence-corrected chi connectivity index (χ3v) is 0. The fourth-order valence-corrected chi connectivity index (χ4v) is 0. The molecule has 0 aromatic rings. The van der Waals surface area contributed by atoms with Crippen LogP contribution in [0.1, 0.15) is 22.3 Å². The Balaban J connectivity index is -0.00000000571. The molecule has 0 aromatic heterocycles. The maximum atomic E-state index is 8.35. The third-order valence-electron chi connectivity index (χ3n) is 0. The highest BCUT2D eigenvalue weighted by molar-refractivity contribution is 5.26. The summed E-state index contributed by atoms with van der Waals surface area (Å²) in [5.74, 6) is 0. The molecule has 5 heteroatoms. The molecule has 0 radical (unpaired) electrons. The Labute approximate surface area is 60.6 Å². The fraction of sp³-hybridized carbons (Fsp3) is 0.600. The van der Waals surface area contributed by atoms with Gasteiger partial charge in [0, 0.05) is 0 Å². The lowest BCUT2D eigenvalue weighted by molar-refractivity contribution is 0.562. The van der Waals surface area contributed by atoms with Crippen LogP contribution < -0.4 is 0 Å². The zero-order chi connectivity index (χ0) is 5.41. The standard InChI is InChI=1S/2CHNO.3CH4.FH/c2*2-1-3;;;;/h2*2H;3*1H4;1H. The minimum Gasteiger partial charge on any atom is -0.269 e. The molecule has 0 aromatic carbocycles. The summed E-state index contributed by atoms with van der Waals surface area (Å²) >= 11 is 0. The Morgan fingerprint density at radius 1 is 0.800 bits per heavy atom. The van der Waals surface area contributed by atoms with Crippen molar-refractivity contribution < 1.29 is 14.3 Å². The number of hydrogen-bond acceptors (Lipinski definition) is 4. The van der Waals surface area contributed by atoms with Gasteiger partial charge in [-0.1, -0.05) is 22.3 Å². The quantitative estimate of drug-likeness (QED) is 0.412. The molecule has 0 rings (SSSR count). The molecule has 0 atom stereocenters. The van der Waals surface area contributed by atoms with Crippen molar-refractivity contribution >= 4 is 12.2 Å². The summed E-state index contributed by atoms with van der Waals surface area (Å²) in [7, 11) is 0. The molecule has 0 fully saturated rings. The second-order valence-electron chi connectivity index (χ2n) is 0.204. The van der Waals surface area contributed by atoms with Gasteiger partial charge in [0.2, 0.25) is 12.2 Å². The van der Waals surface area contributed by atoms with Gasteiger partial charge in [-0.2, -0.15) is 0 Å². The maximum absolute atomic E-state index is 8.35. The minimum atomic E-state index is 0. The van der Waals surface area contributed by atoms with Gasteiger partial charge in [0.1, 0.15) is 0 Å².